The maximum absolute atomic E-state index is 13.7. The van der Waals surface area contributed by atoms with Crippen LogP contribution in [-0.4, -0.2) is 34.0 Å². The van der Waals surface area contributed by atoms with E-state index in [0.717, 1.165) is 21.6 Å². The number of rotatable bonds is 10. The lowest BCUT2D eigenvalue weighted by Gasteiger charge is -2.34. The fourth-order valence-electron chi connectivity index (χ4n) is 4.05. The molecule has 0 aromatic heterocycles. The molecule has 190 valence electrons. The molecule has 36 heavy (non-hydrogen) atoms. The van der Waals surface area contributed by atoms with Crippen molar-refractivity contribution >= 4 is 23.6 Å². The topological polar surface area (TPSA) is 49.4 Å². The van der Waals surface area contributed by atoms with E-state index in [9.17, 15) is 9.59 Å². The number of hydrogen-bond acceptors (Lipinski definition) is 3. The van der Waals surface area contributed by atoms with Crippen LogP contribution in [0.15, 0.2) is 83.8 Å². The van der Waals surface area contributed by atoms with Crippen LogP contribution in [0.4, 0.5) is 0 Å². The molecule has 4 nitrogen and oxygen atoms in total. The van der Waals surface area contributed by atoms with E-state index in [1.54, 1.807) is 16.7 Å². The third-order valence-electron chi connectivity index (χ3n) is 5.81. The van der Waals surface area contributed by atoms with Crippen LogP contribution in [0.1, 0.15) is 49.4 Å². The molecule has 0 aliphatic heterocycles. The Balaban J connectivity index is 1.86. The molecule has 0 heterocycles. The summed E-state index contributed by atoms with van der Waals surface area (Å²) >= 11 is 1.67. The van der Waals surface area contributed by atoms with Gasteiger partial charge in [0, 0.05) is 35.6 Å². The number of thioether (sulfide) groups is 1. The fraction of sp³-hybridized carbons (Fsp3) is 0.355. The van der Waals surface area contributed by atoms with Gasteiger partial charge in [0.15, 0.2) is 0 Å². The minimum absolute atomic E-state index is 0.0129. The van der Waals surface area contributed by atoms with Gasteiger partial charge in [0.25, 0.3) is 0 Å². The van der Waals surface area contributed by atoms with Crippen molar-refractivity contribution in [3.8, 4) is 0 Å². The van der Waals surface area contributed by atoms with E-state index in [-0.39, 0.29) is 11.8 Å². The number of nitrogens with one attached hydrogen (secondary N) is 1. The molecule has 3 aromatic rings. The number of carbonyl (C=O) groups excluding carboxylic acids is 2. The highest BCUT2D eigenvalue weighted by atomic mass is 32.2. The second-order valence-corrected chi connectivity index (χ2v) is 11.5. The SMILES string of the molecule is Cc1ccc(SCCC(=O)N(Cc2cccc(C)c2)C(Cc2ccccc2)C(=O)NC(C)(C)C)cc1. The van der Waals surface area contributed by atoms with Crippen molar-refractivity contribution in [3.63, 3.8) is 0 Å². The lowest BCUT2D eigenvalue weighted by Crippen LogP contribution is -2.54. The van der Waals surface area contributed by atoms with E-state index in [1.165, 1.54) is 5.56 Å². The standard InChI is InChI=1S/C31H38N2O2S/c1-23-14-16-27(17-15-23)36-19-18-29(34)33(22-26-13-9-10-24(2)20-26)28(30(35)32-31(3,4)5)21-25-11-7-6-8-12-25/h6-17,20,28H,18-19,21-22H2,1-5H3,(H,32,35). The zero-order chi connectivity index (χ0) is 26.1. The third-order valence-corrected chi connectivity index (χ3v) is 6.82. The van der Waals surface area contributed by atoms with Gasteiger partial charge in [0.1, 0.15) is 6.04 Å². The Bertz CT molecular complexity index is 1140. The molecule has 3 aromatic carbocycles. The van der Waals surface area contributed by atoms with E-state index in [4.69, 9.17) is 0 Å². The summed E-state index contributed by atoms with van der Waals surface area (Å²) in [5, 5.41) is 3.12. The van der Waals surface area contributed by atoms with Gasteiger partial charge in [-0.15, -0.1) is 11.8 Å². The molecule has 5 heteroatoms. The zero-order valence-corrected chi connectivity index (χ0v) is 22.9. The summed E-state index contributed by atoms with van der Waals surface area (Å²) in [4.78, 5) is 30.2. The molecule has 2 amide bonds. The summed E-state index contributed by atoms with van der Waals surface area (Å²) < 4.78 is 0. The van der Waals surface area contributed by atoms with Crippen molar-refractivity contribution in [1.82, 2.24) is 10.2 Å². The molecule has 1 unspecified atom stereocenters. The Kier molecular flexibility index (Phi) is 9.77. The Morgan fingerprint density at radius 2 is 1.53 bits per heavy atom. The van der Waals surface area contributed by atoms with E-state index in [1.807, 2.05) is 76.2 Å². The molecule has 0 radical (unpaired) electrons. The molecular weight excluding hydrogens is 464 g/mol. The smallest absolute Gasteiger partial charge is 0.243 e. The molecular formula is C31H38N2O2S. The Labute approximate surface area is 220 Å². The predicted octanol–water partition coefficient (Wildman–Crippen LogP) is 6.34. The van der Waals surface area contributed by atoms with Gasteiger partial charge in [-0.2, -0.15) is 0 Å². The van der Waals surface area contributed by atoms with Crippen molar-refractivity contribution in [2.45, 2.75) is 70.5 Å². The van der Waals surface area contributed by atoms with Gasteiger partial charge in [0.05, 0.1) is 0 Å². The molecule has 0 saturated heterocycles. The van der Waals surface area contributed by atoms with Crippen LogP contribution >= 0.6 is 11.8 Å². The molecule has 3 rings (SSSR count). The monoisotopic (exact) mass is 502 g/mol. The minimum Gasteiger partial charge on any atom is -0.350 e. The highest BCUT2D eigenvalue weighted by Crippen LogP contribution is 2.22. The van der Waals surface area contributed by atoms with Gasteiger partial charge >= 0.3 is 0 Å². The average molecular weight is 503 g/mol. The summed E-state index contributed by atoms with van der Waals surface area (Å²) in [6.07, 6.45) is 0.823. The van der Waals surface area contributed by atoms with Crippen LogP contribution in [0.25, 0.3) is 0 Å². The van der Waals surface area contributed by atoms with Gasteiger partial charge in [0.2, 0.25) is 11.8 Å². The highest BCUT2D eigenvalue weighted by molar-refractivity contribution is 7.99. The molecule has 0 saturated carbocycles. The van der Waals surface area contributed by atoms with Crippen LogP contribution in [0.2, 0.25) is 0 Å². The first-order valence-electron chi connectivity index (χ1n) is 12.5. The van der Waals surface area contributed by atoms with Gasteiger partial charge in [-0.25, -0.2) is 0 Å². The van der Waals surface area contributed by atoms with Crippen LogP contribution in [0, 0.1) is 13.8 Å². The van der Waals surface area contributed by atoms with Crippen LogP contribution < -0.4 is 5.32 Å². The first-order chi connectivity index (χ1) is 17.1. The lowest BCUT2D eigenvalue weighted by atomic mass is 10.00. The first-order valence-corrected chi connectivity index (χ1v) is 13.5. The van der Waals surface area contributed by atoms with Crippen LogP contribution in [0.3, 0.4) is 0 Å². The Hall–Kier alpha value is -3.05. The molecule has 1 atom stereocenters. The summed E-state index contributed by atoms with van der Waals surface area (Å²) in [7, 11) is 0. The first kappa shape index (κ1) is 27.5. The van der Waals surface area contributed by atoms with Crippen molar-refractivity contribution in [2.24, 2.45) is 0 Å². The van der Waals surface area contributed by atoms with E-state index in [2.05, 4.69) is 42.6 Å². The number of hydrogen-bond donors (Lipinski definition) is 1. The number of benzene rings is 3. The molecule has 0 aliphatic carbocycles. The molecule has 1 N–H and O–H groups in total. The van der Waals surface area contributed by atoms with Gasteiger partial charge in [-0.3, -0.25) is 9.59 Å². The highest BCUT2D eigenvalue weighted by Gasteiger charge is 2.32. The maximum Gasteiger partial charge on any atom is 0.243 e. The Morgan fingerprint density at radius 3 is 2.17 bits per heavy atom. The van der Waals surface area contributed by atoms with E-state index >= 15 is 0 Å². The largest absolute Gasteiger partial charge is 0.350 e. The predicted molar refractivity (Wildman–Crippen MR) is 150 cm³/mol. The number of aryl methyl sites for hydroxylation is 2. The second kappa shape index (κ2) is 12.8. The number of nitrogens with zero attached hydrogens (tertiary/aromatic N) is 1. The zero-order valence-electron chi connectivity index (χ0n) is 22.1. The van der Waals surface area contributed by atoms with Crippen molar-refractivity contribution in [3.05, 3.63) is 101 Å². The minimum atomic E-state index is -0.607. The van der Waals surface area contributed by atoms with Gasteiger partial charge in [-0.1, -0.05) is 77.9 Å². The molecule has 0 spiro atoms. The molecule has 0 aliphatic rings. The second-order valence-electron chi connectivity index (χ2n) is 10.4. The summed E-state index contributed by atoms with van der Waals surface area (Å²) in [6.45, 7) is 10.4. The summed E-state index contributed by atoms with van der Waals surface area (Å²) in [5.41, 5.74) is 4.01. The van der Waals surface area contributed by atoms with E-state index < -0.39 is 11.6 Å². The van der Waals surface area contributed by atoms with Crippen molar-refractivity contribution in [1.29, 1.82) is 0 Å². The lowest BCUT2D eigenvalue weighted by molar-refractivity contribution is -0.141. The van der Waals surface area contributed by atoms with Crippen molar-refractivity contribution < 1.29 is 9.59 Å². The third kappa shape index (κ3) is 8.87. The van der Waals surface area contributed by atoms with Gasteiger partial charge < -0.3 is 10.2 Å². The Morgan fingerprint density at radius 1 is 0.861 bits per heavy atom. The number of carbonyl (C=O) groups is 2. The number of amides is 2. The average Bonchev–Trinajstić information content (AvgIpc) is 2.82. The quantitative estimate of drug-likeness (QED) is 0.329. The van der Waals surface area contributed by atoms with E-state index in [0.29, 0.717) is 25.1 Å². The van der Waals surface area contributed by atoms with Crippen LogP contribution in [-0.2, 0) is 22.6 Å². The van der Waals surface area contributed by atoms with Crippen LogP contribution in [0.5, 0.6) is 0 Å². The summed E-state index contributed by atoms with van der Waals surface area (Å²) in [5.74, 6) is 0.519. The summed E-state index contributed by atoms with van der Waals surface area (Å²) in [6, 6.07) is 25.8. The normalized spacial score (nSPS) is 12.1. The molecule has 0 bridgehead atoms. The van der Waals surface area contributed by atoms with Crippen molar-refractivity contribution in [2.75, 3.05) is 5.75 Å². The maximum atomic E-state index is 13.7. The fourth-order valence-corrected chi connectivity index (χ4v) is 4.89. The molecule has 0 fully saturated rings. The van der Waals surface area contributed by atoms with Gasteiger partial charge in [-0.05, 0) is 57.9 Å².